The lowest BCUT2D eigenvalue weighted by atomic mass is 10.2. The Labute approximate surface area is 102 Å². The average molecular weight is 222 g/mol. The summed E-state index contributed by atoms with van der Waals surface area (Å²) in [4.78, 5) is 0. The Morgan fingerprint density at radius 2 is 1.53 bits per heavy atom. The molecule has 0 atom stereocenters. The van der Waals surface area contributed by atoms with Crippen LogP contribution in [0.15, 0.2) is 54.6 Å². The highest BCUT2D eigenvalue weighted by Gasteiger charge is 1.97. The molecule has 0 aliphatic rings. The Kier molecular flexibility index (Phi) is 3.67. The smallest absolute Gasteiger partial charge is 0.0696 e. The van der Waals surface area contributed by atoms with Gasteiger partial charge in [0.1, 0.15) is 0 Å². The Bertz CT molecular complexity index is 536. The van der Waals surface area contributed by atoms with Gasteiger partial charge in [0.25, 0.3) is 0 Å². The first-order valence-corrected chi connectivity index (χ1v) is 5.49. The minimum Gasteiger partial charge on any atom is -0.301 e. The fourth-order valence-electron chi connectivity index (χ4n) is 1.50. The number of para-hydroxylation sites is 2. The summed E-state index contributed by atoms with van der Waals surface area (Å²) in [6.07, 6.45) is 0. The first-order chi connectivity index (χ1) is 8.40. The number of rotatable bonds is 3. The molecule has 0 saturated carbocycles. The zero-order valence-electron chi connectivity index (χ0n) is 9.70. The van der Waals surface area contributed by atoms with E-state index in [1.54, 1.807) is 0 Å². The van der Waals surface area contributed by atoms with Crippen LogP contribution in [0.1, 0.15) is 12.5 Å². The van der Waals surface area contributed by atoms with Crippen LogP contribution in [0.5, 0.6) is 0 Å². The molecule has 84 valence electrons. The molecule has 2 aromatic carbocycles. The molecule has 0 heterocycles. The van der Waals surface area contributed by atoms with Crippen LogP contribution in [-0.2, 0) is 0 Å². The van der Waals surface area contributed by atoms with Gasteiger partial charge in [-0.3, -0.25) is 5.43 Å². The quantitative estimate of drug-likeness (QED) is 0.613. The molecular formula is C15H14N2. The van der Waals surface area contributed by atoms with Gasteiger partial charge in [0.05, 0.1) is 11.4 Å². The van der Waals surface area contributed by atoms with Gasteiger partial charge in [-0.05, 0) is 31.2 Å². The van der Waals surface area contributed by atoms with E-state index in [0.29, 0.717) is 0 Å². The number of hydrogen-bond acceptors (Lipinski definition) is 2. The first kappa shape index (κ1) is 11.1. The molecular weight excluding hydrogens is 208 g/mol. The fourth-order valence-corrected chi connectivity index (χ4v) is 1.50. The number of nitrogens with one attached hydrogen (secondary N) is 2. The number of hydrazine groups is 1. The average Bonchev–Trinajstić information content (AvgIpc) is 2.39. The molecule has 0 bridgehead atoms. The van der Waals surface area contributed by atoms with Gasteiger partial charge in [-0.2, -0.15) is 0 Å². The minimum absolute atomic E-state index is 0.978. The summed E-state index contributed by atoms with van der Waals surface area (Å²) in [7, 11) is 0. The van der Waals surface area contributed by atoms with E-state index in [1.165, 1.54) is 0 Å². The Morgan fingerprint density at radius 1 is 0.824 bits per heavy atom. The van der Waals surface area contributed by atoms with Crippen LogP contribution in [0.4, 0.5) is 11.4 Å². The van der Waals surface area contributed by atoms with Crippen molar-refractivity contribution in [1.82, 2.24) is 0 Å². The third kappa shape index (κ3) is 3.02. The van der Waals surface area contributed by atoms with Crippen molar-refractivity contribution in [2.24, 2.45) is 0 Å². The monoisotopic (exact) mass is 222 g/mol. The molecule has 0 aliphatic carbocycles. The summed E-state index contributed by atoms with van der Waals surface area (Å²) in [6, 6.07) is 17.9. The van der Waals surface area contributed by atoms with E-state index < -0.39 is 0 Å². The van der Waals surface area contributed by atoms with Gasteiger partial charge in [-0.1, -0.05) is 36.3 Å². The van der Waals surface area contributed by atoms with Crippen LogP contribution in [0.25, 0.3) is 0 Å². The van der Waals surface area contributed by atoms with Gasteiger partial charge >= 0.3 is 0 Å². The van der Waals surface area contributed by atoms with Gasteiger partial charge in [0.15, 0.2) is 0 Å². The maximum Gasteiger partial charge on any atom is 0.0696 e. The van der Waals surface area contributed by atoms with Crippen LogP contribution in [-0.4, -0.2) is 0 Å². The van der Waals surface area contributed by atoms with E-state index in [1.807, 2.05) is 61.5 Å². The Balaban J connectivity index is 2.11. The molecule has 0 saturated heterocycles. The van der Waals surface area contributed by atoms with E-state index >= 15 is 0 Å². The Hall–Kier alpha value is -2.40. The first-order valence-electron chi connectivity index (χ1n) is 5.49. The lowest BCUT2D eigenvalue weighted by Gasteiger charge is -2.11. The summed E-state index contributed by atoms with van der Waals surface area (Å²) in [5.41, 5.74) is 9.29. The molecule has 2 N–H and O–H groups in total. The van der Waals surface area contributed by atoms with Crippen molar-refractivity contribution in [3.63, 3.8) is 0 Å². The molecule has 0 fully saturated rings. The van der Waals surface area contributed by atoms with Crippen LogP contribution >= 0.6 is 0 Å². The topological polar surface area (TPSA) is 24.1 Å². The molecule has 2 nitrogen and oxygen atoms in total. The zero-order chi connectivity index (χ0) is 11.9. The van der Waals surface area contributed by atoms with Crippen molar-refractivity contribution in [3.05, 3.63) is 60.2 Å². The molecule has 2 rings (SSSR count). The minimum atomic E-state index is 0.978. The van der Waals surface area contributed by atoms with Crippen molar-refractivity contribution < 1.29 is 0 Å². The number of hydrogen-bond donors (Lipinski definition) is 2. The highest BCUT2D eigenvalue weighted by atomic mass is 15.4. The summed E-state index contributed by atoms with van der Waals surface area (Å²) in [5.74, 6) is 5.96. The second-order valence-corrected chi connectivity index (χ2v) is 3.54. The van der Waals surface area contributed by atoms with E-state index in [4.69, 9.17) is 0 Å². The molecule has 2 aromatic rings. The Morgan fingerprint density at radius 3 is 2.29 bits per heavy atom. The largest absolute Gasteiger partial charge is 0.301 e. The SMILES string of the molecule is CC#Cc1ccccc1NNc1ccccc1. The molecule has 2 heteroatoms. The van der Waals surface area contributed by atoms with Crippen molar-refractivity contribution in [2.75, 3.05) is 10.9 Å². The molecule has 0 spiro atoms. The van der Waals surface area contributed by atoms with Crippen molar-refractivity contribution in [2.45, 2.75) is 6.92 Å². The van der Waals surface area contributed by atoms with Crippen LogP contribution < -0.4 is 10.9 Å². The maximum absolute atomic E-state index is 3.16. The lowest BCUT2D eigenvalue weighted by Crippen LogP contribution is -2.09. The van der Waals surface area contributed by atoms with Crippen LogP contribution in [0.3, 0.4) is 0 Å². The summed E-state index contributed by atoms with van der Waals surface area (Å²) < 4.78 is 0. The zero-order valence-corrected chi connectivity index (χ0v) is 9.70. The van der Waals surface area contributed by atoms with Crippen molar-refractivity contribution >= 4 is 11.4 Å². The standard InChI is InChI=1S/C15H14N2/c1-2-8-13-9-6-7-12-15(13)17-16-14-10-4-3-5-11-14/h3-7,9-12,16-17H,1H3. The predicted molar refractivity (Wildman–Crippen MR) is 72.7 cm³/mol. The normalized spacial score (nSPS) is 9.00. The van der Waals surface area contributed by atoms with Gasteiger partial charge < -0.3 is 5.43 Å². The molecule has 0 aromatic heterocycles. The third-order valence-corrected chi connectivity index (χ3v) is 2.30. The number of anilines is 2. The van der Waals surface area contributed by atoms with Gasteiger partial charge in [0, 0.05) is 5.56 Å². The lowest BCUT2D eigenvalue weighted by molar-refractivity contribution is 1.40. The molecule has 17 heavy (non-hydrogen) atoms. The van der Waals surface area contributed by atoms with E-state index in [2.05, 4.69) is 22.7 Å². The summed E-state index contributed by atoms with van der Waals surface area (Å²) in [6.45, 7) is 1.83. The highest BCUT2D eigenvalue weighted by molar-refractivity contribution is 5.61. The van der Waals surface area contributed by atoms with E-state index in [9.17, 15) is 0 Å². The predicted octanol–water partition coefficient (Wildman–Crippen LogP) is 3.50. The molecule has 0 radical (unpaired) electrons. The van der Waals surface area contributed by atoms with Gasteiger partial charge in [-0.15, -0.1) is 5.92 Å². The van der Waals surface area contributed by atoms with Gasteiger partial charge in [0.2, 0.25) is 0 Å². The van der Waals surface area contributed by atoms with Gasteiger partial charge in [-0.25, -0.2) is 0 Å². The summed E-state index contributed by atoms with van der Waals surface area (Å²) in [5, 5.41) is 0. The number of benzene rings is 2. The maximum atomic E-state index is 3.16. The molecule has 0 amide bonds. The summed E-state index contributed by atoms with van der Waals surface area (Å²) >= 11 is 0. The van der Waals surface area contributed by atoms with E-state index in [-0.39, 0.29) is 0 Å². The van der Waals surface area contributed by atoms with Crippen molar-refractivity contribution in [3.8, 4) is 11.8 Å². The second kappa shape index (κ2) is 5.62. The fraction of sp³-hybridized carbons (Fsp3) is 0.0667. The third-order valence-electron chi connectivity index (χ3n) is 2.30. The van der Waals surface area contributed by atoms with Crippen molar-refractivity contribution in [1.29, 1.82) is 0 Å². The van der Waals surface area contributed by atoms with E-state index in [0.717, 1.165) is 16.9 Å². The molecule has 0 unspecified atom stereocenters. The molecule has 0 aliphatic heterocycles. The highest BCUT2D eigenvalue weighted by Crippen LogP contribution is 2.14. The second-order valence-electron chi connectivity index (χ2n) is 3.54. The van der Waals surface area contributed by atoms with Crippen LogP contribution in [0, 0.1) is 11.8 Å². The van der Waals surface area contributed by atoms with Crippen LogP contribution in [0.2, 0.25) is 0 Å².